The SMILES string of the molecule is NCCc1[nH]c(Br)nc1-c1ccc2c(c1)OCCO2. The van der Waals surface area contributed by atoms with Crippen LogP contribution in [0.1, 0.15) is 5.69 Å². The van der Waals surface area contributed by atoms with Gasteiger partial charge in [0.15, 0.2) is 16.2 Å². The lowest BCUT2D eigenvalue weighted by molar-refractivity contribution is 0.171. The minimum absolute atomic E-state index is 0.576. The number of nitrogens with one attached hydrogen (secondary N) is 1. The number of hydrogen-bond donors (Lipinski definition) is 2. The summed E-state index contributed by atoms with van der Waals surface area (Å²) in [5.74, 6) is 1.55. The van der Waals surface area contributed by atoms with Crippen molar-refractivity contribution in [3.05, 3.63) is 28.6 Å². The van der Waals surface area contributed by atoms with Gasteiger partial charge in [-0.25, -0.2) is 4.98 Å². The molecule has 19 heavy (non-hydrogen) atoms. The smallest absolute Gasteiger partial charge is 0.175 e. The Hall–Kier alpha value is -1.53. The lowest BCUT2D eigenvalue weighted by atomic mass is 10.1. The molecule has 0 radical (unpaired) electrons. The van der Waals surface area contributed by atoms with Crippen LogP contribution < -0.4 is 15.2 Å². The Bertz CT molecular complexity index is 598. The Morgan fingerprint density at radius 1 is 1.26 bits per heavy atom. The van der Waals surface area contributed by atoms with Crippen molar-refractivity contribution in [3.63, 3.8) is 0 Å². The van der Waals surface area contributed by atoms with Gasteiger partial charge >= 0.3 is 0 Å². The third kappa shape index (κ3) is 2.46. The van der Waals surface area contributed by atoms with Gasteiger partial charge in [0.05, 0.1) is 5.69 Å². The van der Waals surface area contributed by atoms with E-state index < -0.39 is 0 Å². The molecular weight excluding hydrogens is 310 g/mol. The molecular formula is C13H14BrN3O2. The molecule has 3 N–H and O–H groups in total. The molecule has 0 atom stereocenters. The molecule has 1 aliphatic rings. The number of aromatic amines is 1. The van der Waals surface area contributed by atoms with Crippen molar-refractivity contribution in [3.8, 4) is 22.8 Å². The lowest BCUT2D eigenvalue weighted by Crippen LogP contribution is -2.15. The molecule has 6 heteroatoms. The highest BCUT2D eigenvalue weighted by Gasteiger charge is 2.16. The van der Waals surface area contributed by atoms with Crippen LogP contribution in [0.2, 0.25) is 0 Å². The Morgan fingerprint density at radius 2 is 2.05 bits per heavy atom. The summed E-state index contributed by atoms with van der Waals surface area (Å²) in [5.41, 5.74) is 8.53. The van der Waals surface area contributed by atoms with Crippen LogP contribution in [0.15, 0.2) is 22.9 Å². The maximum atomic E-state index is 5.62. The summed E-state index contributed by atoms with van der Waals surface area (Å²) in [4.78, 5) is 7.64. The maximum Gasteiger partial charge on any atom is 0.175 e. The standard InChI is InChI=1S/C13H14BrN3O2/c14-13-16-9(3-4-15)12(17-13)8-1-2-10-11(7-8)19-6-5-18-10/h1-2,7H,3-6,15H2,(H,16,17). The lowest BCUT2D eigenvalue weighted by Gasteiger charge is -2.18. The fourth-order valence-corrected chi connectivity index (χ4v) is 2.55. The minimum Gasteiger partial charge on any atom is -0.486 e. The van der Waals surface area contributed by atoms with Gasteiger partial charge in [-0.3, -0.25) is 0 Å². The highest BCUT2D eigenvalue weighted by atomic mass is 79.9. The van der Waals surface area contributed by atoms with E-state index in [4.69, 9.17) is 15.2 Å². The zero-order valence-corrected chi connectivity index (χ0v) is 11.9. The summed E-state index contributed by atoms with van der Waals surface area (Å²) in [6.07, 6.45) is 0.752. The van der Waals surface area contributed by atoms with E-state index >= 15 is 0 Å². The van der Waals surface area contributed by atoms with Gasteiger partial charge in [-0.05, 0) is 40.7 Å². The molecule has 1 aromatic carbocycles. The van der Waals surface area contributed by atoms with Gasteiger partial charge in [0.25, 0.3) is 0 Å². The molecule has 0 saturated heterocycles. The second-order valence-corrected chi connectivity index (χ2v) is 5.00. The minimum atomic E-state index is 0.576. The van der Waals surface area contributed by atoms with E-state index in [9.17, 15) is 0 Å². The van der Waals surface area contributed by atoms with Gasteiger partial charge in [0.1, 0.15) is 13.2 Å². The number of imidazole rings is 1. The fourth-order valence-electron chi connectivity index (χ4n) is 2.13. The van der Waals surface area contributed by atoms with Gasteiger partial charge in [-0.1, -0.05) is 0 Å². The molecule has 0 unspecified atom stereocenters. The number of nitrogens with two attached hydrogens (primary N) is 1. The van der Waals surface area contributed by atoms with Crippen LogP contribution in [0.4, 0.5) is 0 Å². The van der Waals surface area contributed by atoms with Crippen molar-refractivity contribution >= 4 is 15.9 Å². The van der Waals surface area contributed by atoms with E-state index in [1.807, 2.05) is 18.2 Å². The number of rotatable bonds is 3. The summed E-state index contributed by atoms with van der Waals surface area (Å²) >= 11 is 3.36. The van der Waals surface area contributed by atoms with Crippen molar-refractivity contribution in [2.24, 2.45) is 5.73 Å². The van der Waals surface area contributed by atoms with Gasteiger partial charge in [0.2, 0.25) is 0 Å². The Morgan fingerprint density at radius 3 is 2.84 bits per heavy atom. The molecule has 2 aromatic rings. The number of fused-ring (bicyclic) bond motifs is 1. The largest absolute Gasteiger partial charge is 0.486 e. The number of ether oxygens (including phenoxy) is 2. The molecule has 0 amide bonds. The summed E-state index contributed by atoms with van der Waals surface area (Å²) in [5, 5.41) is 0. The van der Waals surface area contributed by atoms with Crippen molar-refractivity contribution in [1.29, 1.82) is 0 Å². The molecule has 0 saturated carbocycles. The summed E-state index contributed by atoms with van der Waals surface area (Å²) < 4.78 is 11.8. The molecule has 100 valence electrons. The fraction of sp³-hybridized carbons (Fsp3) is 0.308. The van der Waals surface area contributed by atoms with Crippen molar-refractivity contribution in [1.82, 2.24) is 9.97 Å². The van der Waals surface area contributed by atoms with Crippen LogP contribution in [-0.2, 0) is 6.42 Å². The molecule has 5 nitrogen and oxygen atoms in total. The van der Waals surface area contributed by atoms with Crippen LogP contribution in [0.5, 0.6) is 11.5 Å². The predicted octanol–water partition coefficient (Wildman–Crippen LogP) is 2.11. The molecule has 0 aliphatic carbocycles. The second-order valence-electron chi connectivity index (χ2n) is 4.25. The van der Waals surface area contributed by atoms with Gasteiger partial charge in [0, 0.05) is 17.7 Å². The quantitative estimate of drug-likeness (QED) is 0.907. The van der Waals surface area contributed by atoms with Crippen LogP contribution in [0.25, 0.3) is 11.3 Å². The highest BCUT2D eigenvalue weighted by Crippen LogP contribution is 2.35. The average Bonchev–Trinajstić information content (AvgIpc) is 2.80. The zero-order valence-electron chi connectivity index (χ0n) is 10.3. The molecule has 3 rings (SSSR count). The van der Waals surface area contributed by atoms with Crippen molar-refractivity contribution < 1.29 is 9.47 Å². The first-order chi connectivity index (χ1) is 9.28. The van der Waals surface area contributed by atoms with E-state index in [1.54, 1.807) is 0 Å². The molecule has 0 fully saturated rings. The molecule has 0 spiro atoms. The zero-order chi connectivity index (χ0) is 13.2. The van der Waals surface area contributed by atoms with Gasteiger partial charge in [-0.2, -0.15) is 0 Å². The topological polar surface area (TPSA) is 73.2 Å². The second kappa shape index (κ2) is 5.22. The average molecular weight is 324 g/mol. The van der Waals surface area contributed by atoms with Gasteiger partial charge < -0.3 is 20.2 Å². The van der Waals surface area contributed by atoms with Crippen LogP contribution in [0, 0.1) is 0 Å². The molecule has 2 heterocycles. The summed E-state index contributed by atoms with van der Waals surface area (Å²) in [6, 6.07) is 5.85. The number of nitrogens with zero attached hydrogens (tertiary/aromatic N) is 1. The first-order valence-corrected chi connectivity index (χ1v) is 6.91. The highest BCUT2D eigenvalue weighted by molar-refractivity contribution is 9.10. The van der Waals surface area contributed by atoms with Crippen molar-refractivity contribution in [2.75, 3.05) is 19.8 Å². The summed E-state index contributed by atoms with van der Waals surface area (Å²) in [7, 11) is 0. The Balaban J connectivity index is 2.01. The van der Waals surface area contributed by atoms with Gasteiger partial charge in [-0.15, -0.1) is 0 Å². The Labute approximate surface area is 119 Å². The van der Waals surface area contributed by atoms with Crippen LogP contribution >= 0.6 is 15.9 Å². The van der Waals surface area contributed by atoms with E-state index in [1.165, 1.54) is 0 Å². The molecule has 1 aliphatic heterocycles. The van der Waals surface area contributed by atoms with E-state index in [0.29, 0.717) is 24.5 Å². The first-order valence-electron chi connectivity index (χ1n) is 6.12. The van der Waals surface area contributed by atoms with Crippen LogP contribution in [-0.4, -0.2) is 29.7 Å². The van der Waals surface area contributed by atoms with E-state index in [-0.39, 0.29) is 0 Å². The summed E-state index contributed by atoms with van der Waals surface area (Å²) in [6.45, 7) is 1.75. The third-order valence-corrected chi connectivity index (χ3v) is 3.34. The maximum absolute atomic E-state index is 5.62. The molecule has 0 bridgehead atoms. The predicted molar refractivity (Wildman–Crippen MR) is 75.5 cm³/mol. The third-order valence-electron chi connectivity index (χ3n) is 2.96. The normalized spacial score (nSPS) is 13.6. The number of hydrogen-bond acceptors (Lipinski definition) is 4. The van der Waals surface area contributed by atoms with E-state index in [0.717, 1.165) is 34.9 Å². The van der Waals surface area contributed by atoms with E-state index in [2.05, 4.69) is 25.9 Å². The number of aromatic nitrogens is 2. The first kappa shape index (κ1) is 12.5. The monoisotopic (exact) mass is 323 g/mol. The molecule has 1 aromatic heterocycles. The number of H-pyrrole nitrogens is 1. The van der Waals surface area contributed by atoms with Crippen molar-refractivity contribution in [2.45, 2.75) is 6.42 Å². The number of halogens is 1. The number of benzene rings is 1. The Kier molecular flexibility index (Phi) is 3.44. The van der Waals surface area contributed by atoms with Crippen LogP contribution in [0.3, 0.4) is 0 Å².